The Morgan fingerprint density at radius 1 is 1.03 bits per heavy atom. The summed E-state index contributed by atoms with van der Waals surface area (Å²) in [6.07, 6.45) is 0. The third-order valence-electron chi connectivity index (χ3n) is 5.69. The van der Waals surface area contributed by atoms with Gasteiger partial charge >= 0.3 is 0 Å². The second-order valence-corrected chi connectivity index (χ2v) is 10.6. The molecule has 9 heteroatoms. The predicted octanol–water partition coefficient (Wildman–Crippen LogP) is 7.11. The third kappa shape index (κ3) is 4.61. The number of hydrogen-bond donors (Lipinski definition) is 0. The average Bonchev–Trinajstić information content (AvgIpc) is 3.21. The van der Waals surface area contributed by atoms with Gasteiger partial charge in [0.2, 0.25) is 0 Å². The molecular weight excluding hydrogens is 514 g/mol. The van der Waals surface area contributed by atoms with Crippen molar-refractivity contribution < 1.29 is 9.13 Å². The van der Waals surface area contributed by atoms with Crippen LogP contribution in [0.25, 0.3) is 21.7 Å². The molecule has 182 valence electrons. The Balaban J connectivity index is 1.74. The molecule has 0 fully saturated rings. The number of nitrogens with zero attached hydrogens (tertiary/aromatic N) is 3. The first kappa shape index (κ1) is 24.4. The van der Waals surface area contributed by atoms with E-state index in [-0.39, 0.29) is 11.4 Å². The second-order valence-electron chi connectivity index (χ2n) is 7.98. The normalized spacial score (nSPS) is 11.2. The fourth-order valence-electron chi connectivity index (χ4n) is 3.90. The van der Waals surface area contributed by atoms with Gasteiger partial charge in [-0.15, -0.1) is 0 Å². The first-order chi connectivity index (χ1) is 17.5. The minimum absolute atomic E-state index is 0.248. The number of thiazole rings is 1. The smallest absolute Gasteiger partial charge is 0.278 e. The summed E-state index contributed by atoms with van der Waals surface area (Å²) in [4.78, 5) is 18.8. The summed E-state index contributed by atoms with van der Waals surface area (Å²) in [5, 5.41) is 0.498. The van der Waals surface area contributed by atoms with Crippen molar-refractivity contribution in [2.75, 3.05) is 6.61 Å². The molecule has 3 aromatic carbocycles. The van der Waals surface area contributed by atoms with Crippen LogP contribution in [0.3, 0.4) is 0 Å². The maximum Gasteiger partial charge on any atom is 0.278 e. The van der Waals surface area contributed by atoms with Crippen LogP contribution in [-0.4, -0.2) is 20.7 Å². The highest BCUT2D eigenvalue weighted by Gasteiger charge is 2.21. The number of ether oxygens (including phenoxy) is 1. The molecule has 5 aromatic rings. The lowest BCUT2D eigenvalue weighted by Crippen LogP contribution is -2.21. The first-order valence-electron chi connectivity index (χ1n) is 11.3. The van der Waals surface area contributed by atoms with E-state index >= 15 is 0 Å². The van der Waals surface area contributed by atoms with Crippen LogP contribution in [0.15, 0.2) is 82.7 Å². The zero-order valence-corrected chi connectivity index (χ0v) is 22.1. The molecule has 0 saturated heterocycles. The number of hydrogen-bond acceptors (Lipinski definition) is 6. The van der Waals surface area contributed by atoms with Crippen molar-refractivity contribution in [1.82, 2.24) is 14.1 Å². The molecule has 36 heavy (non-hydrogen) atoms. The van der Waals surface area contributed by atoms with E-state index < -0.39 is 0 Å². The lowest BCUT2D eigenvalue weighted by molar-refractivity contribution is 0.339. The van der Waals surface area contributed by atoms with Gasteiger partial charge < -0.3 is 4.74 Å². The highest BCUT2D eigenvalue weighted by molar-refractivity contribution is 7.98. The van der Waals surface area contributed by atoms with Gasteiger partial charge in [-0.1, -0.05) is 59.5 Å². The maximum atomic E-state index is 13.9. The molecule has 0 bridgehead atoms. The molecule has 5 nitrogen and oxygen atoms in total. The van der Waals surface area contributed by atoms with Crippen LogP contribution in [0, 0.1) is 16.7 Å². The number of aryl methyl sites for hydroxylation is 1. The molecule has 0 aliphatic rings. The number of rotatable bonds is 7. The molecule has 0 amide bonds. The number of para-hydroxylation sites is 2. The van der Waals surface area contributed by atoms with Crippen LogP contribution in [0.4, 0.5) is 4.39 Å². The minimum atomic E-state index is -0.371. The van der Waals surface area contributed by atoms with E-state index in [1.54, 1.807) is 16.7 Å². The average molecular weight is 536 g/mol. The van der Waals surface area contributed by atoms with Crippen LogP contribution < -0.4 is 10.3 Å². The number of benzene rings is 3. The Morgan fingerprint density at radius 2 is 1.75 bits per heavy atom. The van der Waals surface area contributed by atoms with Crippen molar-refractivity contribution in [3.63, 3.8) is 0 Å². The fourth-order valence-corrected chi connectivity index (χ4v) is 6.27. The topological polar surface area (TPSA) is 49.0 Å². The van der Waals surface area contributed by atoms with Crippen molar-refractivity contribution in [3.05, 3.63) is 104 Å². The van der Waals surface area contributed by atoms with Crippen LogP contribution >= 0.6 is 35.3 Å². The SMILES string of the molecule is CCOc1ccccc1-n1c(=S)sc2c(=O)n(-c3ccc(F)cc3)c(SCc3ccccc3C)nc21. The minimum Gasteiger partial charge on any atom is -0.492 e. The van der Waals surface area contributed by atoms with Gasteiger partial charge in [-0.3, -0.25) is 13.9 Å². The summed E-state index contributed by atoms with van der Waals surface area (Å²) in [6, 6.07) is 21.5. The van der Waals surface area contributed by atoms with Crippen molar-refractivity contribution in [2.45, 2.75) is 24.8 Å². The summed E-state index contributed by atoms with van der Waals surface area (Å²) in [7, 11) is 0. The highest BCUT2D eigenvalue weighted by Crippen LogP contribution is 2.32. The van der Waals surface area contributed by atoms with Crippen LogP contribution in [0.1, 0.15) is 18.1 Å². The van der Waals surface area contributed by atoms with Crippen molar-refractivity contribution in [2.24, 2.45) is 0 Å². The van der Waals surface area contributed by atoms with E-state index in [0.717, 1.165) is 16.8 Å². The largest absolute Gasteiger partial charge is 0.492 e. The van der Waals surface area contributed by atoms with Gasteiger partial charge in [0, 0.05) is 5.75 Å². The molecule has 5 rings (SSSR count). The predicted molar refractivity (Wildman–Crippen MR) is 147 cm³/mol. The zero-order valence-electron chi connectivity index (χ0n) is 19.6. The standard InChI is InChI=1S/C27H22FN3O2S3/c1-3-33-22-11-7-6-10-21(22)31-24-23(36-27(31)34)25(32)30(20-14-12-19(28)13-15-20)26(29-24)35-16-18-9-5-4-8-17(18)2/h4-15H,3,16H2,1-2H3. The highest BCUT2D eigenvalue weighted by atomic mass is 32.2. The molecule has 0 unspecified atom stereocenters. The van der Waals surface area contributed by atoms with Crippen LogP contribution in [0.2, 0.25) is 0 Å². The fraction of sp³-hybridized carbons (Fsp3) is 0.148. The number of fused-ring (bicyclic) bond motifs is 1. The monoisotopic (exact) mass is 535 g/mol. The van der Waals surface area contributed by atoms with E-state index in [9.17, 15) is 9.18 Å². The molecule has 2 aromatic heterocycles. The van der Waals surface area contributed by atoms with Gasteiger partial charge in [0.05, 0.1) is 18.0 Å². The number of halogens is 1. The zero-order chi connectivity index (χ0) is 25.2. The van der Waals surface area contributed by atoms with E-state index in [1.807, 2.05) is 43.3 Å². The Morgan fingerprint density at radius 3 is 2.50 bits per heavy atom. The molecule has 2 heterocycles. The van der Waals surface area contributed by atoms with Gasteiger partial charge in [0.25, 0.3) is 5.56 Å². The van der Waals surface area contributed by atoms with Crippen molar-refractivity contribution in [3.8, 4) is 17.1 Å². The lowest BCUT2D eigenvalue weighted by atomic mass is 10.1. The van der Waals surface area contributed by atoms with Gasteiger partial charge in [-0.05, 0) is 73.6 Å². The molecule has 0 aliphatic carbocycles. The van der Waals surface area contributed by atoms with Crippen molar-refractivity contribution in [1.29, 1.82) is 0 Å². The lowest BCUT2D eigenvalue weighted by Gasteiger charge is -2.14. The summed E-state index contributed by atoms with van der Waals surface area (Å²) in [6.45, 7) is 4.47. The van der Waals surface area contributed by atoms with Gasteiger partial charge in [-0.25, -0.2) is 9.37 Å². The van der Waals surface area contributed by atoms with Gasteiger partial charge in [0.15, 0.2) is 14.8 Å². The molecule has 0 N–H and O–H groups in total. The molecule has 0 aliphatic heterocycles. The Labute approximate surface area is 220 Å². The molecule has 0 atom stereocenters. The first-order valence-corrected chi connectivity index (χ1v) is 13.5. The van der Waals surface area contributed by atoms with Crippen molar-refractivity contribution >= 4 is 45.7 Å². The maximum absolute atomic E-state index is 13.9. The number of thioether (sulfide) groups is 1. The number of aromatic nitrogens is 3. The molecule has 0 radical (unpaired) electrons. The van der Waals surface area contributed by atoms with Gasteiger partial charge in [0.1, 0.15) is 16.3 Å². The molecule has 0 saturated carbocycles. The Hall–Kier alpha value is -3.27. The summed E-state index contributed by atoms with van der Waals surface area (Å²) in [5.41, 5.74) is 3.81. The van der Waals surface area contributed by atoms with E-state index in [4.69, 9.17) is 21.9 Å². The van der Waals surface area contributed by atoms with Gasteiger partial charge in [-0.2, -0.15) is 0 Å². The summed E-state index contributed by atoms with van der Waals surface area (Å²) in [5.74, 6) is 0.908. The van der Waals surface area contributed by atoms with E-state index in [0.29, 0.717) is 43.3 Å². The summed E-state index contributed by atoms with van der Waals surface area (Å²) < 4.78 is 23.8. The van der Waals surface area contributed by atoms with E-state index in [1.165, 1.54) is 39.8 Å². The van der Waals surface area contributed by atoms with Crippen LogP contribution in [0.5, 0.6) is 5.75 Å². The third-order valence-corrected chi connectivity index (χ3v) is 8.02. The molecule has 0 spiro atoms. The van der Waals surface area contributed by atoms with Crippen LogP contribution in [-0.2, 0) is 5.75 Å². The van der Waals surface area contributed by atoms with E-state index in [2.05, 4.69) is 19.1 Å². The summed E-state index contributed by atoms with van der Waals surface area (Å²) >= 11 is 8.36. The Kier molecular flexibility index (Phi) is 7.04. The quantitative estimate of drug-likeness (QED) is 0.126. The second kappa shape index (κ2) is 10.4. The Bertz CT molecular complexity index is 1670. The molecular formula is C27H22FN3O2S3.